The Hall–Kier alpha value is -4.02. The highest BCUT2D eigenvalue weighted by molar-refractivity contribution is 6.38. The molecule has 1 fully saturated rings. The van der Waals surface area contributed by atoms with Crippen molar-refractivity contribution >= 4 is 46.2 Å². The number of aliphatic imine (C=N–C) groups is 2. The molecular weight excluding hydrogens is 406 g/mol. The number of hydrogen-bond donors (Lipinski definition) is 1. The van der Waals surface area contributed by atoms with Gasteiger partial charge in [0.25, 0.3) is 11.8 Å². The van der Waals surface area contributed by atoms with E-state index in [1.165, 1.54) is 5.69 Å². The fourth-order valence-corrected chi connectivity index (χ4v) is 3.95. The number of hydrogen-bond acceptors (Lipinski definition) is 9. The summed E-state index contributed by atoms with van der Waals surface area (Å²) in [6, 6.07) is 10.2. The van der Waals surface area contributed by atoms with E-state index in [9.17, 15) is 0 Å². The number of anilines is 2. The van der Waals surface area contributed by atoms with Crippen LogP contribution in [-0.2, 0) is 4.74 Å². The minimum Gasteiger partial charge on any atom is -0.378 e. The van der Waals surface area contributed by atoms with Gasteiger partial charge in [-0.2, -0.15) is 4.99 Å². The molecule has 0 amide bonds. The third kappa shape index (κ3) is 3.22. The van der Waals surface area contributed by atoms with Crippen LogP contribution in [0.4, 0.5) is 17.1 Å². The molecule has 3 aliphatic rings. The second-order valence-corrected chi connectivity index (χ2v) is 7.52. The number of amidine groups is 1. The van der Waals surface area contributed by atoms with Gasteiger partial charge in [0.15, 0.2) is 17.5 Å². The molecule has 10 nitrogen and oxygen atoms in total. The van der Waals surface area contributed by atoms with Crippen molar-refractivity contribution in [3.63, 3.8) is 0 Å². The van der Waals surface area contributed by atoms with Gasteiger partial charge in [-0.25, -0.2) is 9.97 Å². The highest BCUT2D eigenvalue weighted by Gasteiger charge is 2.43. The molecule has 2 aromatic heterocycles. The van der Waals surface area contributed by atoms with Crippen LogP contribution in [-0.4, -0.2) is 59.3 Å². The predicted molar refractivity (Wildman–Crippen MR) is 125 cm³/mol. The molecule has 0 saturated carbocycles. The molecule has 1 N–H and O–H groups in total. The molecule has 10 heteroatoms. The number of rotatable bonds is 3. The highest BCUT2D eigenvalue weighted by Crippen LogP contribution is 2.32. The zero-order valence-corrected chi connectivity index (χ0v) is 17.2. The number of nitrogens with zero attached hydrogens (tertiary/aromatic N) is 8. The predicted octanol–water partition coefficient (Wildman–Crippen LogP) is 2.52. The van der Waals surface area contributed by atoms with Crippen molar-refractivity contribution in [2.75, 3.05) is 36.5 Å². The summed E-state index contributed by atoms with van der Waals surface area (Å²) in [4.78, 5) is 24.3. The molecule has 158 valence electrons. The molecule has 0 spiro atoms. The first-order chi connectivity index (χ1) is 15.8. The summed E-state index contributed by atoms with van der Waals surface area (Å²) >= 11 is 0. The van der Waals surface area contributed by atoms with E-state index in [0.29, 0.717) is 23.0 Å². The number of nitrogens with one attached hydrogen (secondary N) is 1. The first kappa shape index (κ1) is 18.7. The number of ether oxygens (including phenoxy) is 1. The molecule has 3 aromatic rings. The van der Waals surface area contributed by atoms with Gasteiger partial charge in [0, 0.05) is 42.9 Å². The summed E-state index contributed by atoms with van der Waals surface area (Å²) in [5, 5.41) is 8.19. The molecule has 1 unspecified atom stereocenters. The Labute approximate surface area is 183 Å². The van der Waals surface area contributed by atoms with Crippen molar-refractivity contribution in [1.29, 1.82) is 0 Å². The van der Waals surface area contributed by atoms with Crippen molar-refractivity contribution in [3.8, 4) is 0 Å². The van der Waals surface area contributed by atoms with Crippen molar-refractivity contribution in [2.45, 2.75) is 0 Å². The second-order valence-electron chi connectivity index (χ2n) is 7.52. The van der Waals surface area contributed by atoms with Gasteiger partial charge in [-0.05, 0) is 29.4 Å². The van der Waals surface area contributed by atoms with Gasteiger partial charge in [-0.1, -0.05) is 4.59 Å². The van der Waals surface area contributed by atoms with Crippen LogP contribution in [0.5, 0.6) is 0 Å². The molecule has 1 atom stereocenters. The van der Waals surface area contributed by atoms with Crippen LogP contribution in [0.2, 0.25) is 0 Å². The van der Waals surface area contributed by atoms with Crippen molar-refractivity contribution in [2.24, 2.45) is 15.1 Å². The zero-order valence-electron chi connectivity index (χ0n) is 17.2. The van der Waals surface area contributed by atoms with Gasteiger partial charge in [-0.15, -0.1) is 0 Å². The van der Waals surface area contributed by atoms with E-state index < -0.39 is 0 Å². The third-order valence-electron chi connectivity index (χ3n) is 5.58. The molecule has 1 saturated heterocycles. The molecule has 3 aliphatic heterocycles. The number of guanidine groups is 1. The number of aromatic nitrogens is 3. The summed E-state index contributed by atoms with van der Waals surface area (Å²) in [6.45, 7) is 3.34. The lowest BCUT2D eigenvalue weighted by molar-refractivity contribution is 0.122. The standard InChI is InChI=1S/C22H20N9O/c1-3-17(30-8-11-32-12-9-30)4-2-16(1)27-22-28-20-15-23-7-10-31(20,29-22)18-13-19-21(26-14-18)25-6-5-24-19/h1-7,10,13-15H,8-9,11-12H2,(H,27,29)/q+1. The lowest BCUT2D eigenvalue weighted by atomic mass is 10.2. The molecule has 6 rings (SSSR count). The largest absolute Gasteiger partial charge is 0.378 e. The van der Waals surface area contributed by atoms with Crippen LogP contribution in [0, 0.1) is 0 Å². The first-order valence-corrected chi connectivity index (χ1v) is 10.4. The van der Waals surface area contributed by atoms with Crippen LogP contribution in [0.3, 0.4) is 0 Å². The number of benzene rings is 1. The minimum atomic E-state index is 0.0389. The molecule has 0 bridgehead atoms. The van der Waals surface area contributed by atoms with Gasteiger partial charge in [0.2, 0.25) is 0 Å². The fraction of sp³-hybridized carbons (Fsp3) is 0.182. The van der Waals surface area contributed by atoms with Gasteiger partial charge >= 0.3 is 0 Å². The van der Waals surface area contributed by atoms with E-state index in [0.717, 1.165) is 37.7 Å². The zero-order chi connectivity index (χ0) is 21.4. The van der Waals surface area contributed by atoms with Gasteiger partial charge in [0.05, 0.1) is 25.6 Å². The average Bonchev–Trinajstić information content (AvgIpc) is 3.24. The first-order valence-electron chi connectivity index (χ1n) is 10.4. The Morgan fingerprint density at radius 3 is 2.72 bits per heavy atom. The summed E-state index contributed by atoms with van der Waals surface area (Å²) in [7, 11) is 0. The molecule has 0 aliphatic carbocycles. The maximum absolute atomic E-state index is 5.44. The topological polar surface area (TPSA) is 100 Å². The molecule has 0 radical (unpaired) electrons. The van der Waals surface area contributed by atoms with Crippen LogP contribution in [0.15, 0.2) is 76.4 Å². The number of pyridine rings is 1. The Balaban J connectivity index is 1.30. The van der Waals surface area contributed by atoms with Gasteiger partial charge in [0.1, 0.15) is 11.7 Å². The molecular formula is C22H20N9O+. The van der Waals surface area contributed by atoms with Crippen molar-refractivity contribution in [3.05, 3.63) is 61.3 Å². The summed E-state index contributed by atoms with van der Waals surface area (Å²) in [5.74, 6) is 1.17. The van der Waals surface area contributed by atoms with Crippen LogP contribution in [0.25, 0.3) is 11.2 Å². The van der Waals surface area contributed by atoms with Crippen LogP contribution < -0.4 is 14.8 Å². The minimum absolute atomic E-state index is 0.0389. The third-order valence-corrected chi connectivity index (χ3v) is 5.58. The van der Waals surface area contributed by atoms with E-state index in [2.05, 4.69) is 47.3 Å². The van der Waals surface area contributed by atoms with Crippen molar-refractivity contribution in [1.82, 2.24) is 19.5 Å². The van der Waals surface area contributed by atoms with E-state index in [1.807, 2.05) is 24.4 Å². The van der Waals surface area contributed by atoms with E-state index in [1.54, 1.807) is 31.0 Å². The Kier molecular flexibility index (Phi) is 4.44. The second kappa shape index (κ2) is 7.59. The molecule has 32 heavy (non-hydrogen) atoms. The van der Waals surface area contributed by atoms with E-state index in [4.69, 9.17) is 9.84 Å². The van der Waals surface area contributed by atoms with E-state index >= 15 is 0 Å². The highest BCUT2D eigenvalue weighted by atomic mass is 16.5. The number of quaternary nitrogens is 1. The quantitative estimate of drug-likeness (QED) is 0.646. The van der Waals surface area contributed by atoms with Crippen LogP contribution in [0.1, 0.15) is 0 Å². The summed E-state index contributed by atoms with van der Waals surface area (Å²) in [6.07, 6.45) is 10.3. The Morgan fingerprint density at radius 2 is 1.84 bits per heavy atom. The van der Waals surface area contributed by atoms with Crippen LogP contribution >= 0.6 is 0 Å². The van der Waals surface area contributed by atoms with Gasteiger partial charge < -0.3 is 15.0 Å². The summed E-state index contributed by atoms with van der Waals surface area (Å²) in [5.41, 5.74) is 4.18. The van der Waals surface area contributed by atoms with E-state index in [-0.39, 0.29) is 4.59 Å². The lowest BCUT2D eigenvalue weighted by Gasteiger charge is -2.28. The maximum atomic E-state index is 5.44. The SMILES string of the molecule is C1=C[N+]2(c3cnc4nccnc4c3)N=C(Nc3ccc(N4CCOCC4)cc3)N=C2C=N1. The number of fused-ring (bicyclic) bond motifs is 2. The fourth-order valence-electron chi connectivity index (χ4n) is 3.95. The lowest BCUT2D eigenvalue weighted by Crippen LogP contribution is -2.44. The number of morpholine rings is 1. The molecule has 1 aromatic carbocycles. The summed E-state index contributed by atoms with van der Waals surface area (Å²) < 4.78 is 5.47. The Morgan fingerprint density at radius 1 is 1.00 bits per heavy atom. The normalized spacial score (nSPS) is 21.9. The molecule has 5 heterocycles. The average molecular weight is 426 g/mol. The van der Waals surface area contributed by atoms with Gasteiger partial charge in [-0.3, -0.25) is 9.98 Å². The Bertz CT molecular complexity index is 1290. The monoisotopic (exact) mass is 426 g/mol. The maximum Gasteiger partial charge on any atom is 0.287 e. The smallest absolute Gasteiger partial charge is 0.287 e. The van der Waals surface area contributed by atoms with Crippen molar-refractivity contribution < 1.29 is 4.74 Å².